The molecule has 1 amide bonds. The van der Waals surface area contributed by atoms with Gasteiger partial charge in [0.1, 0.15) is 6.61 Å². The summed E-state index contributed by atoms with van der Waals surface area (Å²) in [5, 5.41) is 11.0. The van der Waals surface area contributed by atoms with Crippen molar-refractivity contribution in [3.8, 4) is 0 Å². The molecule has 0 aliphatic rings. The molecule has 0 bridgehead atoms. The molecule has 0 heterocycles. The van der Waals surface area contributed by atoms with Crippen molar-refractivity contribution in [1.29, 1.82) is 0 Å². The first-order valence-electron chi connectivity index (χ1n) is 5.73. The van der Waals surface area contributed by atoms with Crippen LogP contribution in [-0.2, 0) is 14.3 Å². The smallest absolute Gasteiger partial charge is 0.329 e. The fourth-order valence-corrected chi connectivity index (χ4v) is 1.45. The molecule has 5 nitrogen and oxygen atoms in total. The minimum Gasteiger partial charge on any atom is -0.480 e. The number of carboxylic acids is 1. The summed E-state index contributed by atoms with van der Waals surface area (Å²) in [6, 6.07) is 9.45. The number of nitrogens with one attached hydrogen (secondary N) is 1. The zero-order valence-corrected chi connectivity index (χ0v) is 10.3. The molecule has 0 aromatic heterocycles. The Labute approximate surface area is 106 Å². The lowest BCUT2D eigenvalue weighted by atomic mass is 10.0. The van der Waals surface area contributed by atoms with Crippen molar-refractivity contribution in [3.63, 3.8) is 0 Å². The van der Waals surface area contributed by atoms with Crippen molar-refractivity contribution in [1.82, 2.24) is 5.32 Å². The van der Waals surface area contributed by atoms with E-state index in [2.05, 4.69) is 5.32 Å². The Balaban J connectivity index is 2.26. The van der Waals surface area contributed by atoms with Crippen LogP contribution in [0.4, 0.5) is 0 Å². The lowest BCUT2D eigenvalue weighted by Gasteiger charge is -2.12. The second-order valence-electron chi connectivity index (χ2n) is 3.87. The van der Waals surface area contributed by atoms with Gasteiger partial charge in [-0.25, -0.2) is 4.79 Å². The second-order valence-corrected chi connectivity index (χ2v) is 3.87. The molecule has 18 heavy (non-hydrogen) atoms. The highest BCUT2D eigenvalue weighted by molar-refractivity contribution is 5.83. The molecule has 1 aromatic carbocycles. The van der Waals surface area contributed by atoms with Gasteiger partial charge < -0.3 is 15.2 Å². The summed E-state index contributed by atoms with van der Waals surface area (Å²) >= 11 is 0. The molecular formula is C13H17NO4. The number of aliphatic carboxylic acids is 1. The average Bonchev–Trinajstić information content (AvgIpc) is 2.38. The highest BCUT2D eigenvalue weighted by Gasteiger charge is 2.13. The second kappa shape index (κ2) is 7.45. The van der Waals surface area contributed by atoms with Gasteiger partial charge in [0.2, 0.25) is 5.91 Å². The highest BCUT2D eigenvalue weighted by Crippen LogP contribution is 2.13. The Kier molecular flexibility index (Phi) is 5.87. The highest BCUT2D eigenvalue weighted by atomic mass is 16.5. The molecule has 1 aromatic rings. The third-order valence-corrected chi connectivity index (χ3v) is 2.46. The Morgan fingerprint density at radius 2 is 2.00 bits per heavy atom. The molecule has 0 spiro atoms. The summed E-state index contributed by atoms with van der Waals surface area (Å²) in [5.74, 6) is -1.34. The molecule has 0 aliphatic carbocycles. The Morgan fingerprint density at radius 1 is 1.33 bits per heavy atom. The van der Waals surface area contributed by atoms with Crippen LogP contribution in [0.3, 0.4) is 0 Å². The van der Waals surface area contributed by atoms with Crippen LogP contribution in [0.5, 0.6) is 0 Å². The van der Waals surface area contributed by atoms with E-state index in [1.54, 1.807) is 0 Å². The molecule has 2 N–H and O–H groups in total. The van der Waals surface area contributed by atoms with Crippen LogP contribution in [0, 0.1) is 0 Å². The van der Waals surface area contributed by atoms with Gasteiger partial charge in [-0.05, 0) is 12.5 Å². The molecule has 0 saturated heterocycles. The lowest BCUT2D eigenvalue weighted by Crippen LogP contribution is -2.31. The summed E-state index contributed by atoms with van der Waals surface area (Å²) in [4.78, 5) is 21.9. The predicted molar refractivity (Wildman–Crippen MR) is 66.3 cm³/mol. The van der Waals surface area contributed by atoms with Crippen LogP contribution in [0.25, 0.3) is 0 Å². The van der Waals surface area contributed by atoms with E-state index >= 15 is 0 Å². The van der Waals surface area contributed by atoms with Gasteiger partial charge in [-0.1, -0.05) is 30.3 Å². The van der Waals surface area contributed by atoms with Crippen molar-refractivity contribution >= 4 is 11.9 Å². The summed E-state index contributed by atoms with van der Waals surface area (Å²) in [7, 11) is 0. The zero-order chi connectivity index (χ0) is 13.4. The maximum Gasteiger partial charge on any atom is 0.329 e. The van der Waals surface area contributed by atoms with Crippen LogP contribution in [-0.4, -0.2) is 36.7 Å². The fraction of sp³-hybridized carbons (Fsp3) is 0.385. The summed E-state index contributed by atoms with van der Waals surface area (Å²) in [6.07, 6.45) is 0. The number of carbonyl (C=O) groups is 2. The standard InChI is InChI=1S/C13H17NO4/c1-10(11-5-3-2-4-6-11)13(17)14-7-8-18-9-12(15)16/h2-6,10H,7-9H2,1H3,(H,14,17)(H,15,16). The van der Waals surface area contributed by atoms with Gasteiger partial charge in [0.25, 0.3) is 0 Å². The van der Waals surface area contributed by atoms with Gasteiger partial charge >= 0.3 is 5.97 Å². The normalized spacial score (nSPS) is 11.8. The summed E-state index contributed by atoms with van der Waals surface area (Å²) in [5.41, 5.74) is 0.946. The third-order valence-electron chi connectivity index (χ3n) is 2.46. The first-order chi connectivity index (χ1) is 8.61. The number of ether oxygens (including phenoxy) is 1. The van der Waals surface area contributed by atoms with Gasteiger partial charge in [0.05, 0.1) is 12.5 Å². The van der Waals surface area contributed by atoms with E-state index < -0.39 is 5.97 Å². The van der Waals surface area contributed by atoms with Crippen LogP contribution < -0.4 is 5.32 Å². The van der Waals surface area contributed by atoms with Gasteiger partial charge in [-0.15, -0.1) is 0 Å². The molecule has 0 saturated carbocycles. The van der Waals surface area contributed by atoms with Crippen LogP contribution >= 0.6 is 0 Å². The number of amides is 1. The van der Waals surface area contributed by atoms with Crippen LogP contribution in [0.15, 0.2) is 30.3 Å². The fourth-order valence-electron chi connectivity index (χ4n) is 1.45. The predicted octanol–water partition coefficient (Wildman–Crippen LogP) is 1.01. The van der Waals surface area contributed by atoms with E-state index in [1.165, 1.54) is 0 Å². The largest absolute Gasteiger partial charge is 0.480 e. The monoisotopic (exact) mass is 251 g/mol. The van der Waals surface area contributed by atoms with Crippen molar-refractivity contribution in [2.24, 2.45) is 0 Å². The van der Waals surface area contributed by atoms with E-state index in [1.807, 2.05) is 37.3 Å². The van der Waals surface area contributed by atoms with E-state index in [4.69, 9.17) is 9.84 Å². The van der Waals surface area contributed by atoms with Gasteiger partial charge in [0.15, 0.2) is 0 Å². The molecule has 1 rings (SSSR count). The molecular weight excluding hydrogens is 234 g/mol. The zero-order valence-electron chi connectivity index (χ0n) is 10.3. The van der Waals surface area contributed by atoms with Gasteiger partial charge in [-0.3, -0.25) is 4.79 Å². The number of benzene rings is 1. The third kappa shape index (κ3) is 4.97. The van der Waals surface area contributed by atoms with Crippen molar-refractivity contribution in [3.05, 3.63) is 35.9 Å². The van der Waals surface area contributed by atoms with Crippen LogP contribution in [0.1, 0.15) is 18.4 Å². The average molecular weight is 251 g/mol. The van der Waals surface area contributed by atoms with Crippen LogP contribution in [0.2, 0.25) is 0 Å². The van der Waals surface area contributed by atoms with Crippen molar-refractivity contribution < 1.29 is 19.4 Å². The first kappa shape index (κ1) is 14.2. The van der Waals surface area contributed by atoms with E-state index in [0.29, 0.717) is 6.54 Å². The topological polar surface area (TPSA) is 75.6 Å². The molecule has 5 heteroatoms. The lowest BCUT2D eigenvalue weighted by molar-refractivity contribution is -0.142. The van der Waals surface area contributed by atoms with Gasteiger partial charge in [0, 0.05) is 6.54 Å². The van der Waals surface area contributed by atoms with E-state index in [9.17, 15) is 9.59 Å². The number of carboxylic acid groups (broad SMARTS) is 1. The first-order valence-corrected chi connectivity index (χ1v) is 5.73. The quantitative estimate of drug-likeness (QED) is 0.709. The summed E-state index contributed by atoms with van der Waals surface area (Å²) < 4.78 is 4.82. The molecule has 0 radical (unpaired) electrons. The number of hydrogen-bond donors (Lipinski definition) is 2. The Bertz CT molecular complexity index is 391. The SMILES string of the molecule is CC(C(=O)NCCOCC(=O)O)c1ccccc1. The number of rotatable bonds is 7. The number of hydrogen-bond acceptors (Lipinski definition) is 3. The van der Waals surface area contributed by atoms with E-state index in [-0.39, 0.29) is 25.0 Å². The van der Waals surface area contributed by atoms with Gasteiger partial charge in [-0.2, -0.15) is 0 Å². The summed E-state index contributed by atoms with van der Waals surface area (Å²) in [6.45, 7) is 1.98. The van der Waals surface area contributed by atoms with Crippen molar-refractivity contribution in [2.75, 3.05) is 19.8 Å². The maximum atomic E-state index is 11.8. The molecule has 1 atom stereocenters. The minimum absolute atomic E-state index is 0.0971. The molecule has 0 aliphatic heterocycles. The van der Waals surface area contributed by atoms with E-state index in [0.717, 1.165) is 5.56 Å². The Hall–Kier alpha value is -1.88. The molecule has 98 valence electrons. The maximum absolute atomic E-state index is 11.8. The van der Waals surface area contributed by atoms with Crippen molar-refractivity contribution in [2.45, 2.75) is 12.8 Å². The molecule has 0 fully saturated rings. The molecule has 1 unspecified atom stereocenters. The minimum atomic E-state index is -1.01. The number of carbonyl (C=O) groups excluding carboxylic acids is 1. The Morgan fingerprint density at radius 3 is 2.61 bits per heavy atom.